The van der Waals surface area contributed by atoms with Crippen molar-refractivity contribution in [2.75, 3.05) is 32.8 Å². The lowest BCUT2D eigenvalue weighted by Crippen LogP contribution is -2.60. The van der Waals surface area contributed by atoms with Gasteiger partial charge >= 0.3 is 11.9 Å². The summed E-state index contributed by atoms with van der Waals surface area (Å²) in [5.74, 6) is -2.17. The third-order valence-corrected chi connectivity index (χ3v) is 9.61. The lowest BCUT2D eigenvalue weighted by atomic mass is 9.98. The molecule has 3 aromatic rings. The number of aromatic amines is 1. The van der Waals surface area contributed by atoms with Crippen LogP contribution >= 0.6 is 11.6 Å². The first-order valence-electron chi connectivity index (χ1n) is 13.9. The van der Waals surface area contributed by atoms with Crippen molar-refractivity contribution in [3.05, 3.63) is 64.7 Å². The summed E-state index contributed by atoms with van der Waals surface area (Å²) < 4.78 is 32.7. The van der Waals surface area contributed by atoms with Gasteiger partial charge in [-0.1, -0.05) is 35.9 Å². The molecule has 1 atom stereocenters. The van der Waals surface area contributed by atoms with E-state index in [9.17, 15) is 27.9 Å². The molecular formula is C29H32ClN5O7S. The lowest BCUT2D eigenvalue weighted by molar-refractivity contribution is -0.154. The molecule has 0 bridgehead atoms. The molecule has 12 nitrogen and oxygen atoms in total. The van der Waals surface area contributed by atoms with Crippen molar-refractivity contribution in [2.45, 2.75) is 37.4 Å². The number of esters is 1. The van der Waals surface area contributed by atoms with E-state index in [-0.39, 0.29) is 23.5 Å². The number of nitrogens with one attached hydrogen (secondary N) is 1. The van der Waals surface area contributed by atoms with E-state index >= 15 is 0 Å². The molecule has 0 radical (unpaired) electrons. The molecule has 0 aliphatic carbocycles. The van der Waals surface area contributed by atoms with E-state index in [1.807, 2.05) is 17.1 Å². The normalized spacial score (nSPS) is 18.9. The number of piperidine rings is 1. The summed E-state index contributed by atoms with van der Waals surface area (Å²) in [5.41, 5.74) is 2.05. The molecule has 5 rings (SSSR count). The Bertz CT molecular complexity index is 1650. The summed E-state index contributed by atoms with van der Waals surface area (Å²) in [6, 6.07) is 12.1. The Hall–Kier alpha value is -3.94. The third-order valence-electron chi connectivity index (χ3n) is 7.64. The number of benzene rings is 2. The van der Waals surface area contributed by atoms with Gasteiger partial charge in [0.1, 0.15) is 11.1 Å². The molecule has 0 spiro atoms. The Morgan fingerprint density at radius 1 is 1.14 bits per heavy atom. The van der Waals surface area contributed by atoms with Crippen LogP contribution in [-0.2, 0) is 35.7 Å². The standard InChI is InChI=1S/C29H32ClN5O7S/c1-2-42-29(39)21-9-11-33(12-10-21)31-15-19-3-5-20(6-4-19)16-35-25(28(37)38)17-34(18-27(35)36)43(40,41)26-14-22-13-23(30)7-8-24(22)32-26/h3-8,13-15,21,25,32H,2,9-12,16-18H2,1H3,(H,37,38)/t25-/m1/s1. The highest BCUT2D eigenvalue weighted by atomic mass is 35.5. The molecule has 0 unspecified atom stereocenters. The van der Waals surface area contributed by atoms with Gasteiger partial charge in [0.15, 0.2) is 0 Å². The van der Waals surface area contributed by atoms with Crippen molar-refractivity contribution in [1.29, 1.82) is 0 Å². The number of rotatable bonds is 9. The molecule has 2 N–H and O–H groups in total. The number of sulfonamides is 1. The molecule has 1 amide bonds. The maximum absolute atomic E-state index is 13.4. The van der Waals surface area contributed by atoms with E-state index in [0.29, 0.717) is 54.0 Å². The predicted octanol–water partition coefficient (Wildman–Crippen LogP) is 2.92. The van der Waals surface area contributed by atoms with E-state index in [0.717, 1.165) is 9.87 Å². The molecule has 2 saturated heterocycles. The second kappa shape index (κ2) is 12.7. The number of aromatic nitrogens is 1. The Morgan fingerprint density at radius 2 is 1.86 bits per heavy atom. The fraction of sp³-hybridized carbons (Fsp3) is 0.379. The highest BCUT2D eigenvalue weighted by Gasteiger charge is 2.42. The molecule has 0 saturated carbocycles. The maximum atomic E-state index is 13.4. The number of carbonyl (C=O) groups is 3. The SMILES string of the molecule is CCOC(=O)C1CCN(N=Cc2ccc(CN3C(=O)CN(S(=O)(=O)c4cc5cc(Cl)ccc5[nH]4)C[C@@H]3C(=O)O)cc2)CC1. The summed E-state index contributed by atoms with van der Waals surface area (Å²) in [7, 11) is -4.18. The zero-order valence-electron chi connectivity index (χ0n) is 23.5. The van der Waals surface area contributed by atoms with Crippen molar-refractivity contribution in [3.63, 3.8) is 0 Å². The van der Waals surface area contributed by atoms with Gasteiger partial charge in [-0.25, -0.2) is 13.2 Å². The molecule has 2 fully saturated rings. The highest BCUT2D eigenvalue weighted by molar-refractivity contribution is 7.89. The first-order valence-corrected chi connectivity index (χ1v) is 15.7. The van der Waals surface area contributed by atoms with Gasteiger partial charge in [-0.05, 0) is 55.2 Å². The fourth-order valence-electron chi connectivity index (χ4n) is 5.25. The summed E-state index contributed by atoms with van der Waals surface area (Å²) in [4.78, 5) is 41.3. The Kier molecular flexibility index (Phi) is 9.04. The van der Waals surface area contributed by atoms with Crippen molar-refractivity contribution < 1.29 is 32.6 Å². The average Bonchev–Trinajstić information content (AvgIpc) is 3.42. The van der Waals surface area contributed by atoms with Crippen LogP contribution in [0.3, 0.4) is 0 Å². The zero-order valence-corrected chi connectivity index (χ0v) is 25.1. The van der Waals surface area contributed by atoms with Crippen LogP contribution in [0.25, 0.3) is 10.9 Å². The molecule has 2 aromatic carbocycles. The predicted molar refractivity (Wildman–Crippen MR) is 159 cm³/mol. The van der Waals surface area contributed by atoms with Crippen LogP contribution in [0.2, 0.25) is 5.02 Å². The van der Waals surface area contributed by atoms with E-state index in [2.05, 4.69) is 10.1 Å². The molecule has 228 valence electrons. The maximum Gasteiger partial charge on any atom is 0.327 e. The number of carboxylic acids is 1. The van der Waals surface area contributed by atoms with E-state index in [1.54, 1.807) is 43.5 Å². The minimum Gasteiger partial charge on any atom is -0.480 e. The molecule has 43 heavy (non-hydrogen) atoms. The van der Waals surface area contributed by atoms with E-state index in [4.69, 9.17) is 16.3 Å². The van der Waals surface area contributed by atoms with Gasteiger partial charge in [0.05, 0.1) is 25.3 Å². The number of hydrogen-bond donors (Lipinski definition) is 2. The Balaban J connectivity index is 1.22. The molecule has 2 aliphatic rings. The van der Waals surface area contributed by atoms with Gasteiger partial charge in [0.2, 0.25) is 5.91 Å². The number of amides is 1. The van der Waals surface area contributed by atoms with Crippen LogP contribution in [0.4, 0.5) is 0 Å². The monoisotopic (exact) mass is 629 g/mol. The number of piperazine rings is 1. The van der Waals surface area contributed by atoms with Gasteiger partial charge in [0, 0.05) is 42.1 Å². The van der Waals surface area contributed by atoms with E-state index in [1.165, 1.54) is 11.0 Å². The molecular weight excluding hydrogens is 598 g/mol. The lowest BCUT2D eigenvalue weighted by Gasteiger charge is -2.38. The highest BCUT2D eigenvalue weighted by Crippen LogP contribution is 2.27. The van der Waals surface area contributed by atoms with Gasteiger partial charge in [-0.15, -0.1) is 0 Å². The molecule has 14 heteroatoms. The van der Waals surface area contributed by atoms with Gasteiger partial charge < -0.3 is 19.7 Å². The summed E-state index contributed by atoms with van der Waals surface area (Å²) >= 11 is 6.01. The van der Waals surface area contributed by atoms with Crippen LogP contribution in [0, 0.1) is 5.92 Å². The second-order valence-electron chi connectivity index (χ2n) is 10.5. The number of fused-ring (bicyclic) bond motifs is 1. The zero-order chi connectivity index (χ0) is 30.7. The summed E-state index contributed by atoms with van der Waals surface area (Å²) in [6.07, 6.45) is 3.07. The number of hydrazone groups is 1. The van der Waals surface area contributed by atoms with Gasteiger partial charge in [-0.2, -0.15) is 9.41 Å². The Labute approximate surface area is 253 Å². The largest absolute Gasteiger partial charge is 0.480 e. The number of H-pyrrole nitrogens is 1. The third kappa shape index (κ3) is 6.84. The van der Waals surface area contributed by atoms with Crippen LogP contribution < -0.4 is 0 Å². The quantitative estimate of drug-likeness (QED) is 0.271. The summed E-state index contributed by atoms with van der Waals surface area (Å²) in [6.45, 7) is 2.59. The van der Waals surface area contributed by atoms with Crippen molar-refractivity contribution >= 4 is 56.6 Å². The minimum absolute atomic E-state index is 0.00731. The van der Waals surface area contributed by atoms with Crippen molar-refractivity contribution in [3.8, 4) is 0 Å². The summed E-state index contributed by atoms with van der Waals surface area (Å²) in [5, 5.41) is 17.2. The smallest absolute Gasteiger partial charge is 0.327 e. The number of hydrogen-bond acceptors (Lipinski definition) is 8. The van der Waals surface area contributed by atoms with Crippen molar-refractivity contribution in [2.24, 2.45) is 11.0 Å². The number of halogens is 1. The minimum atomic E-state index is -4.18. The molecule has 3 heterocycles. The first-order chi connectivity index (χ1) is 20.5. The first kappa shape index (κ1) is 30.5. The van der Waals surface area contributed by atoms with Crippen LogP contribution in [-0.4, -0.2) is 95.6 Å². The number of carboxylic acid groups (broad SMARTS) is 1. The van der Waals surface area contributed by atoms with Crippen LogP contribution in [0.5, 0.6) is 0 Å². The molecule has 1 aromatic heterocycles. The number of nitrogens with zero attached hydrogens (tertiary/aromatic N) is 4. The number of carbonyl (C=O) groups excluding carboxylic acids is 2. The molecule has 2 aliphatic heterocycles. The second-order valence-corrected chi connectivity index (χ2v) is 12.8. The van der Waals surface area contributed by atoms with Crippen LogP contribution in [0.15, 0.2) is 58.7 Å². The van der Waals surface area contributed by atoms with Crippen LogP contribution in [0.1, 0.15) is 30.9 Å². The number of aliphatic carboxylic acids is 1. The van der Waals surface area contributed by atoms with Gasteiger partial charge in [-0.3, -0.25) is 14.6 Å². The van der Waals surface area contributed by atoms with Gasteiger partial charge in [0.25, 0.3) is 10.0 Å². The average molecular weight is 630 g/mol. The Morgan fingerprint density at radius 3 is 2.53 bits per heavy atom. The number of ether oxygens (including phenoxy) is 1. The fourth-order valence-corrected chi connectivity index (χ4v) is 6.84. The topological polar surface area (TPSA) is 153 Å². The van der Waals surface area contributed by atoms with E-state index < -0.39 is 41.0 Å². The van der Waals surface area contributed by atoms with Crippen molar-refractivity contribution in [1.82, 2.24) is 19.2 Å².